The summed E-state index contributed by atoms with van der Waals surface area (Å²) in [6.45, 7) is 5.49. The van der Waals surface area contributed by atoms with E-state index in [1.54, 1.807) is 12.2 Å². The summed E-state index contributed by atoms with van der Waals surface area (Å²) in [5.41, 5.74) is 1.14. The molecular weight excluding hydrogens is 136 g/mol. The molecule has 1 nitrogen and oxygen atoms in total. The first-order valence-corrected chi connectivity index (χ1v) is 3.65. The number of hydrogen-bond donors (Lipinski definition) is 0. The molecule has 0 atom stereocenters. The van der Waals surface area contributed by atoms with Crippen molar-refractivity contribution < 1.29 is 4.79 Å². The van der Waals surface area contributed by atoms with Crippen molar-refractivity contribution in [2.24, 2.45) is 0 Å². The van der Waals surface area contributed by atoms with Crippen molar-refractivity contribution >= 4 is 5.78 Å². The summed E-state index contributed by atoms with van der Waals surface area (Å²) in [6, 6.07) is 0. The summed E-state index contributed by atoms with van der Waals surface area (Å²) in [7, 11) is 0. The lowest BCUT2D eigenvalue weighted by molar-refractivity contribution is -0.112. The average Bonchev–Trinajstić information content (AvgIpc) is 1.87. The molecule has 0 aromatic heterocycles. The van der Waals surface area contributed by atoms with Crippen LogP contribution in [-0.4, -0.2) is 5.78 Å². The molecular formula is C10H14O. The molecule has 0 bridgehead atoms. The number of ketones is 1. The summed E-state index contributed by atoms with van der Waals surface area (Å²) in [5, 5.41) is 0. The van der Waals surface area contributed by atoms with Gasteiger partial charge in [-0.25, -0.2) is 0 Å². The molecule has 0 aliphatic carbocycles. The van der Waals surface area contributed by atoms with E-state index in [4.69, 9.17) is 0 Å². The second kappa shape index (κ2) is 5.66. The molecule has 0 heterocycles. The minimum atomic E-state index is 0.0783. The molecule has 0 unspecified atom stereocenters. The van der Waals surface area contributed by atoms with Crippen molar-refractivity contribution in [3.63, 3.8) is 0 Å². The molecule has 0 aliphatic rings. The quantitative estimate of drug-likeness (QED) is 0.446. The van der Waals surface area contributed by atoms with Crippen molar-refractivity contribution in [3.8, 4) is 0 Å². The maximum absolute atomic E-state index is 10.4. The van der Waals surface area contributed by atoms with E-state index in [0.717, 1.165) is 5.57 Å². The van der Waals surface area contributed by atoms with Gasteiger partial charge in [-0.15, -0.1) is 0 Å². The smallest absolute Gasteiger partial charge is 0.152 e. The van der Waals surface area contributed by atoms with Crippen molar-refractivity contribution in [2.75, 3.05) is 0 Å². The van der Waals surface area contributed by atoms with Crippen molar-refractivity contribution in [3.05, 3.63) is 36.0 Å². The predicted molar refractivity (Wildman–Crippen MR) is 48.4 cm³/mol. The summed E-state index contributed by atoms with van der Waals surface area (Å²) in [4.78, 5) is 10.4. The van der Waals surface area contributed by atoms with E-state index in [9.17, 15) is 4.79 Å². The minimum Gasteiger partial charge on any atom is -0.295 e. The highest BCUT2D eigenvalue weighted by Crippen LogP contribution is 1.94. The number of rotatable bonds is 3. The Morgan fingerprint density at radius 1 is 1.18 bits per heavy atom. The third kappa shape index (κ3) is 6.78. The van der Waals surface area contributed by atoms with Gasteiger partial charge in [-0.1, -0.05) is 29.9 Å². The van der Waals surface area contributed by atoms with Gasteiger partial charge in [-0.2, -0.15) is 0 Å². The Bertz CT molecular complexity index is 207. The van der Waals surface area contributed by atoms with Gasteiger partial charge in [-0.3, -0.25) is 4.79 Å². The molecule has 1 heteroatoms. The Morgan fingerprint density at radius 3 is 2.27 bits per heavy atom. The second-order valence-electron chi connectivity index (χ2n) is 2.38. The standard InChI is InChI=1S/C10H14O/c1-4-6-9(2)7-5-8-10(3)11/h4-8H,1-3H3/b6-4-,8-5+,9-7-. The van der Waals surface area contributed by atoms with Crippen LogP contribution in [-0.2, 0) is 4.79 Å². The maximum Gasteiger partial charge on any atom is 0.152 e. The fraction of sp³-hybridized carbons (Fsp3) is 0.300. The number of hydrogen-bond acceptors (Lipinski definition) is 1. The minimum absolute atomic E-state index is 0.0783. The highest BCUT2D eigenvalue weighted by Gasteiger charge is 1.79. The number of carbonyl (C=O) groups excluding carboxylic acids is 1. The van der Waals surface area contributed by atoms with Crippen LogP contribution in [0.25, 0.3) is 0 Å². The highest BCUT2D eigenvalue weighted by atomic mass is 16.1. The molecule has 0 rings (SSSR count). The zero-order valence-electron chi connectivity index (χ0n) is 7.29. The van der Waals surface area contributed by atoms with Gasteiger partial charge < -0.3 is 0 Å². The first kappa shape index (κ1) is 9.89. The van der Waals surface area contributed by atoms with E-state index >= 15 is 0 Å². The summed E-state index contributed by atoms with van der Waals surface area (Å²) in [5.74, 6) is 0.0783. The SMILES string of the molecule is C\C=C/C(C)=C\C=C\C(C)=O. The van der Waals surface area contributed by atoms with Crippen LogP contribution in [0.1, 0.15) is 20.8 Å². The molecule has 0 saturated heterocycles. The first-order valence-electron chi connectivity index (χ1n) is 3.65. The number of carbonyl (C=O) groups is 1. The molecule has 0 amide bonds. The van der Waals surface area contributed by atoms with E-state index in [-0.39, 0.29) is 5.78 Å². The highest BCUT2D eigenvalue weighted by molar-refractivity contribution is 5.87. The van der Waals surface area contributed by atoms with E-state index in [1.165, 1.54) is 6.92 Å². The molecule has 0 spiro atoms. The van der Waals surface area contributed by atoms with E-state index in [1.807, 2.05) is 32.1 Å². The second-order valence-corrected chi connectivity index (χ2v) is 2.38. The van der Waals surface area contributed by atoms with Gasteiger partial charge in [0.05, 0.1) is 0 Å². The van der Waals surface area contributed by atoms with Gasteiger partial charge in [0.25, 0.3) is 0 Å². The van der Waals surface area contributed by atoms with Crippen molar-refractivity contribution in [1.82, 2.24) is 0 Å². The third-order valence-electron chi connectivity index (χ3n) is 1.12. The van der Waals surface area contributed by atoms with Gasteiger partial charge in [0.15, 0.2) is 5.78 Å². The van der Waals surface area contributed by atoms with E-state index < -0.39 is 0 Å². The molecule has 0 radical (unpaired) electrons. The summed E-state index contributed by atoms with van der Waals surface area (Å²) >= 11 is 0. The van der Waals surface area contributed by atoms with E-state index in [0.29, 0.717) is 0 Å². The number of allylic oxidation sites excluding steroid dienone is 6. The van der Waals surface area contributed by atoms with Crippen LogP contribution < -0.4 is 0 Å². The molecule has 0 aromatic carbocycles. The Hall–Kier alpha value is -1.11. The largest absolute Gasteiger partial charge is 0.295 e. The van der Waals surface area contributed by atoms with Crippen LogP contribution >= 0.6 is 0 Å². The van der Waals surface area contributed by atoms with Crippen LogP contribution in [0.3, 0.4) is 0 Å². The summed E-state index contributed by atoms with van der Waals surface area (Å²) < 4.78 is 0. The van der Waals surface area contributed by atoms with Gasteiger partial charge in [0.2, 0.25) is 0 Å². The molecule has 0 aromatic rings. The fourth-order valence-electron chi connectivity index (χ4n) is 0.654. The molecule has 60 valence electrons. The molecule has 0 saturated carbocycles. The molecule has 0 fully saturated rings. The van der Waals surface area contributed by atoms with Crippen molar-refractivity contribution in [1.29, 1.82) is 0 Å². The lowest BCUT2D eigenvalue weighted by Crippen LogP contribution is -1.77. The van der Waals surface area contributed by atoms with Gasteiger partial charge in [0.1, 0.15) is 0 Å². The Kier molecular flexibility index (Phi) is 5.09. The first-order chi connectivity index (χ1) is 5.16. The van der Waals surface area contributed by atoms with Crippen LogP contribution in [0.5, 0.6) is 0 Å². The van der Waals surface area contributed by atoms with Crippen LogP contribution in [0.15, 0.2) is 36.0 Å². The monoisotopic (exact) mass is 150 g/mol. The topological polar surface area (TPSA) is 17.1 Å². The Balaban J connectivity index is 4.01. The maximum atomic E-state index is 10.4. The lowest BCUT2D eigenvalue weighted by Gasteiger charge is -1.84. The molecule has 11 heavy (non-hydrogen) atoms. The average molecular weight is 150 g/mol. The van der Waals surface area contributed by atoms with Crippen LogP contribution in [0, 0.1) is 0 Å². The molecule has 0 aliphatic heterocycles. The zero-order chi connectivity index (χ0) is 8.69. The Morgan fingerprint density at radius 2 is 1.82 bits per heavy atom. The fourth-order valence-corrected chi connectivity index (χ4v) is 0.654. The van der Waals surface area contributed by atoms with Crippen molar-refractivity contribution in [2.45, 2.75) is 20.8 Å². The normalized spacial score (nSPS) is 13.2. The Labute approximate surface area is 68.1 Å². The van der Waals surface area contributed by atoms with Gasteiger partial charge in [0, 0.05) is 0 Å². The summed E-state index contributed by atoms with van der Waals surface area (Å²) in [6.07, 6.45) is 9.17. The third-order valence-corrected chi connectivity index (χ3v) is 1.12. The lowest BCUT2D eigenvalue weighted by atomic mass is 10.2. The van der Waals surface area contributed by atoms with Crippen LogP contribution in [0.2, 0.25) is 0 Å². The van der Waals surface area contributed by atoms with Gasteiger partial charge >= 0.3 is 0 Å². The zero-order valence-corrected chi connectivity index (χ0v) is 7.29. The predicted octanol–water partition coefficient (Wildman–Crippen LogP) is 2.65. The molecule has 0 N–H and O–H groups in total. The van der Waals surface area contributed by atoms with Crippen LogP contribution in [0.4, 0.5) is 0 Å². The van der Waals surface area contributed by atoms with E-state index in [2.05, 4.69) is 0 Å². The van der Waals surface area contributed by atoms with Gasteiger partial charge in [-0.05, 0) is 26.8 Å².